The highest BCUT2D eigenvalue weighted by atomic mass is 35.5. The van der Waals surface area contributed by atoms with Crippen LogP contribution in [-0.2, 0) is 10.3 Å². The van der Waals surface area contributed by atoms with E-state index in [2.05, 4.69) is 22.1 Å². The summed E-state index contributed by atoms with van der Waals surface area (Å²) in [5.41, 5.74) is 1.50. The lowest BCUT2D eigenvalue weighted by molar-refractivity contribution is 0.0483. The second kappa shape index (κ2) is 7.36. The average molecular weight is 419 g/mol. The lowest BCUT2D eigenvalue weighted by atomic mass is 9.87. The van der Waals surface area contributed by atoms with Crippen LogP contribution in [-0.4, -0.2) is 40.8 Å². The van der Waals surface area contributed by atoms with E-state index in [1.54, 1.807) is 29.5 Å². The molecular weight excluding hydrogens is 400 g/mol. The van der Waals surface area contributed by atoms with Gasteiger partial charge in [-0.3, -0.25) is 14.7 Å². The third-order valence-electron chi connectivity index (χ3n) is 4.79. The molecule has 8 heteroatoms. The average Bonchev–Trinajstić information content (AvgIpc) is 3.06. The second-order valence-corrected chi connectivity index (χ2v) is 9.27. The van der Waals surface area contributed by atoms with Crippen LogP contribution in [0.3, 0.4) is 0 Å². The van der Waals surface area contributed by atoms with E-state index in [-0.39, 0.29) is 10.8 Å². The first kappa shape index (κ1) is 18.6. The van der Waals surface area contributed by atoms with Gasteiger partial charge in [0.05, 0.1) is 27.3 Å². The first-order chi connectivity index (χ1) is 13.0. The minimum atomic E-state index is -0.388. The molecule has 2 atom stereocenters. The maximum atomic E-state index is 8.30. The summed E-state index contributed by atoms with van der Waals surface area (Å²) >= 11 is 10.0. The van der Waals surface area contributed by atoms with E-state index < -0.39 is 0 Å². The van der Waals surface area contributed by atoms with Crippen molar-refractivity contribution in [1.82, 2.24) is 14.6 Å². The number of hydrogen-bond acceptors (Lipinski definition) is 5. The normalized spacial score (nSPS) is 24.6. The predicted octanol–water partition coefficient (Wildman–Crippen LogP) is 3.94. The van der Waals surface area contributed by atoms with Crippen molar-refractivity contribution in [3.05, 3.63) is 40.0 Å². The molecule has 2 aliphatic rings. The van der Waals surface area contributed by atoms with Crippen LogP contribution in [0.15, 0.2) is 24.5 Å². The first-order valence-corrected chi connectivity index (χ1v) is 10.6. The molecule has 0 aromatic carbocycles. The van der Waals surface area contributed by atoms with Crippen LogP contribution in [0.5, 0.6) is 0 Å². The van der Waals surface area contributed by atoms with Crippen molar-refractivity contribution in [1.29, 1.82) is 5.41 Å². The van der Waals surface area contributed by atoms with Gasteiger partial charge < -0.3 is 10.1 Å². The molecule has 140 valence electrons. The van der Waals surface area contributed by atoms with E-state index in [1.165, 1.54) is 0 Å². The summed E-state index contributed by atoms with van der Waals surface area (Å²) in [5.74, 6) is 6.35. The first-order valence-electron chi connectivity index (χ1n) is 8.56. The van der Waals surface area contributed by atoms with Gasteiger partial charge in [-0.15, -0.1) is 17.3 Å². The number of rotatable bonds is 2. The number of hydrogen-bond donors (Lipinski definition) is 2. The largest absolute Gasteiger partial charge is 0.380 e. The quantitative estimate of drug-likeness (QED) is 0.571. The molecule has 4 rings (SSSR count). The monoisotopic (exact) mass is 418 g/mol. The fourth-order valence-electron chi connectivity index (χ4n) is 3.44. The Kier molecular flexibility index (Phi) is 5.08. The Bertz CT molecular complexity index is 951. The topological polar surface area (TPSA) is 61.2 Å². The van der Waals surface area contributed by atoms with Gasteiger partial charge in [0.15, 0.2) is 0 Å². The molecule has 27 heavy (non-hydrogen) atoms. The van der Waals surface area contributed by atoms with Gasteiger partial charge in [0.2, 0.25) is 5.96 Å². The summed E-state index contributed by atoms with van der Waals surface area (Å²) in [6.45, 7) is 3.09. The number of guanidine groups is 1. The van der Waals surface area contributed by atoms with Crippen LogP contribution in [0.2, 0.25) is 5.02 Å². The van der Waals surface area contributed by atoms with Crippen LogP contribution < -0.4 is 5.32 Å². The second-order valence-electron chi connectivity index (χ2n) is 6.49. The molecule has 2 aromatic rings. The zero-order valence-corrected chi connectivity index (χ0v) is 17.4. The number of halogens is 1. The molecule has 2 N–H and O–H groups in total. The lowest BCUT2D eigenvalue weighted by Gasteiger charge is -2.49. The SMILES string of the molecule is CC#Cc1cncc(-c2cc(Cl)c(C34CCOCC3SN(C)C(=N)N4)s2)c1. The van der Waals surface area contributed by atoms with Crippen molar-refractivity contribution < 1.29 is 4.74 Å². The van der Waals surface area contributed by atoms with Gasteiger partial charge >= 0.3 is 0 Å². The molecular formula is C19H19ClN4OS2. The summed E-state index contributed by atoms with van der Waals surface area (Å²) in [6.07, 6.45) is 4.38. The Morgan fingerprint density at radius 2 is 2.30 bits per heavy atom. The van der Waals surface area contributed by atoms with Gasteiger partial charge in [-0.1, -0.05) is 17.5 Å². The zero-order chi connectivity index (χ0) is 19.0. The molecule has 2 saturated heterocycles. The maximum Gasteiger partial charge on any atom is 0.201 e. The van der Waals surface area contributed by atoms with Crippen molar-refractivity contribution in [2.45, 2.75) is 24.1 Å². The summed E-state index contributed by atoms with van der Waals surface area (Å²) in [5, 5.41) is 12.6. The third kappa shape index (κ3) is 3.32. The van der Waals surface area contributed by atoms with Crippen LogP contribution in [0.25, 0.3) is 10.4 Å². The number of pyridine rings is 1. The van der Waals surface area contributed by atoms with E-state index in [4.69, 9.17) is 21.7 Å². The number of nitrogens with one attached hydrogen (secondary N) is 2. The zero-order valence-electron chi connectivity index (χ0n) is 15.0. The molecule has 0 radical (unpaired) electrons. The Hall–Kier alpha value is -1.72. The summed E-state index contributed by atoms with van der Waals surface area (Å²) in [4.78, 5) is 6.43. The van der Waals surface area contributed by atoms with Crippen LogP contribution in [0.4, 0.5) is 0 Å². The Morgan fingerprint density at radius 1 is 1.44 bits per heavy atom. The van der Waals surface area contributed by atoms with Crippen molar-refractivity contribution in [3.8, 4) is 22.3 Å². The molecule has 4 heterocycles. The molecule has 0 saturated carbocycles. The lowest BCUT2D eigenvalue weighted by Crippen LogP contribution is -2.63. The van der Waals surface area contributed by atoms with E-state index in [0.717, 1.165) is 32.3 Å². The van der Waals surface area contributed by atoms with Gasteiger partial charge in [-0.05, 0) is 31.0 Å². The highest BCUT2D eigenvalue weighted by Crippen LogP contribution is 2.49. The van der Waals surface area contributed by atoms with E-state index >= 15 is 0 Å². The van der Waals surface area contributed by atoms with Gasteiger partial charge in [-0.2, -0.15) is 0 Å². The van der Waals surface area contributed by atoms with Crippen molar-refractivity contribution in [2.75, 3.05) is 20.3 Å². The predicted molar refractivity (Wildman–Crippen MR) is 112 cm³/mol. The Labute approximate surface area is 172 Å². The molecule has 2 aromatic heterocycles. The molecule has 2 aliphatic heterocycles. The van der Waals surface area contributed by atoms with E-state index in [9.17, 15) is 0 Å². The molecule has 0 spiro atoms. The van der Waals surface area contributed by atoms with Crippen LogP contribution in [0.1, 0.15) is 23.8 Å². The van der Waals surface area contributed by atoms with Gasteiger partial charge in [0.25, 0.3) is 0 Å². The summed E-state index contributed by atoms with van der Waals surface area (Å²) in [7, 11) is 1.89. The minimum absolute atomic E-state index is 0.157. The van der Waals surface area contributed by atoms with E-state index in [0.29, 0.717) is 19.2 Å². The minimum Gasteiger partial charge on any atom is -0.380 e. The Morgan fingerprint density at radius 3 is 3.11 bits per heavy atom. The maximum absolute atomic E-state index is 8.30. The molecule has 0 amide bonds. The highest BCUT2D eigenvalue weighted by molar-refractivity contribution is 7.98. The summed E-state index contributed by atoms with van der Waals surface area (Å²) < 4.78 is 7.57. The van der Waals surface area contributed by atoms with Crippen LogP contribution in [0, 0.1) is 17.3 Å². The van der Waals surface area contributed by atoms with Gasteiger partial charge in [0.1, 0.15) is 0 Å². The standard InChI is InChI=1S/C19H19ClN4OS2/c1-3-4-12-7-13(10-22-9-12)15-8-14(20)17(26-15)19-5-6-25-11-16(19)27-24(2)18(21)23-19/h7-10,16H,5-6,11H2,1-2H3,(H2,21,23). The summed E-state index contributed by atoms with van der Waals surface area (Å²) in [6, 6.07) is 4.03. The number of thiophene rings is 1. The molecule has 2 unspecified atom stereocenters. The van der Waals surface area contributed by atoms with Gasteiger partial charge in [-0.25, -0.2) is 0 Å². The molecule has 2 fully saturated rings. The third-order valence-corrected chi connectivity index (χ3v) is 7.85. The number of ether oxygens (including phenoxy) is 1. The molecule has 0 bridgehead atoms. The fourth-order valence-corrected chi connectivity index (χ4v) is 6.40. The van der Waals surface area contributed by atoms with Crippen LogP contribution >= 0.6 is 34.9 Å². The number of nitrogens with zero attached hydrogens (tertiary/aromatic N) is 2. The van der Waals surface area contributed by atoms with Crippen molar-refractivity contribution in [2.24, 2.45) is 0 Å². The highest BCUT2D eigenvalue weighted by Gasteiger charge is 2.50. The Balaban J connectivity index is 1.77. The van der Waals surface area contributed by atoms with E-state index in [1.807, 2.05) is 36.6 Å². The molecule has 5 nitrogen and oxygen atoms in total. The smallest absolute Gasteiger partial charge is 0.201 e. The van der Waals surface area contributed by atoms with Crippen molar-refractivity contribution >= 4 is 40.8 Å². The molecule has 0 aliphatic carbocycles. The number of fused-ring (bicyclic) bond motifs is 1. The van der Waals surface area contributed by atoms with Gasteiger partial charge in [0, 0.05) is 48.5 Å². The number of aromatic nitrogens is 1. The fraction of sp³-hybridized carbons (Fsp3) is 0.368. The van der Waals surface area contributed by atoms with Crippen molar-refractivity contribution in [3.63, 3.8) is 0 Å².